The van der Waals surface area contributed by atoms with E-state index in [-0.39, 0.29) is 0 Å². The fourth-order valence-corrected chi connectivity index (χ4v) is 4.30. The van der Waals surface area contributed by atoms with E-state index in [1.54, 1.807) is 11.8 Å². The molecule has 0 bridgehead atoms. The van der Waals surface area contributed by atoms with Gasteiger partial charge >= 0.3 is 0 Å². The number of anilines is 2. The highest BCUT2D eigenvalue weighted by Crippen LogP contribution is 2.30. The van der Waals surface area contributed by atoms with Gasteiger partial charge in [-0.15, -0.1) is 0 Å². The average Bonchev–Trinajstić information content (AvgIpc) is 3.17. The average molecular weight is 432 g/mol. The van der Waals surface area contributed by atoms with Crippen molar-refractivity contribution in [2.45, 2.75) is 57.0 Å². The number of aryl methyl sites for hydroxylation is 1. The minimum atomic E-state index is 0.332. The number of rotatable bonds is 8. The number of nitrogens with one attached hydrogen (secondary N) is 1. The molecule has 0 amide bonds. The van der Waals surface area contributed by atoms with E-state index in [0.717, 1.165) is 40.7 Å². The van der Waals surface area contributed by atoms with Crippen LogP contribution in [-0.4, -0.2) is 25.0 Å². The van der Waals surface area contributed by atoms with Gasteiger partial charge < -0.3 is 5.32 Å². The SMILES string of the molecule is CCC(C)Sc1nc(Nc2cccc(C)c2)c2cnn(CC(C)c3ccccc3)c2n1. The maximum Gasteiger partial charge on any atom is 0.191 e. The summed E-state index contributed by atoms with van der Waals surface area (Å²) >= 11 is 1.71. The van der Waals surface area contributed by atoms with Crippen LogP contribution in [0.15, 0.2) is 66.0 Å². The second-order valence-corrected chi connectivity index (χ2v) is 9.47. The predicted octanol–water partition coefficient (Wildman–Crippen LogP) is 6.57. The van der Waals surface area contributed by atoms with Crippen LogP contribution in [0.1, 0.15) is 44.2 Å². The Morgan fingerprint density at radius 1 is 1.03 bits per heavy atom. The molecule has 1 N–H and O–H groups in total. The lowest BCUT2D eigenvalue weighted by Gasteiger charge is -2.14. The molecule has 2 aromatic heterocycles. The molecule has 5 nitrogen and oxygen atoms in total. The predicted molar refractivity (Wildman–Crippen MR) is 130 cm³/mol. The molecule has 0 aliphatic carbocycles. The van der Waals surface area contributed by atoms with Crippen LogP contribution in [0.5, 0.6) is 0 Å². The smallest absolute Gasteiger partial charge is 0.191 e. The quantitative estimate of drug-likeness (QED) is 0.252. The van der Waals surface area contributed by atoms with E-state index in [9.17, 15) is 0 Å². The van der Waals surface area contributed by atoms with Gasteiger partial charge in [-0.05, 0) is 36.6 Å². The van der Waals surface area contributed by atoms with E-state index in [0.29, 0.717) is 11.2 Å². The molecule has 0 aliphatic rings. The van der Waals surface area contributed by atoms with E-state index in [2.05, 4.69) is 86.6 Å². The molecule has 160 valence electrons. The number of fused-ring (bicyclic) bond motifs is 1. The molecule has 0 fully saturated rings. The molecule has 6 heteroatoms. The Morgan fingerprint density at radius 2 is 1.84 bits per heavy atom. The summed E-state index contributed by atoms with van der Waals surface area (Å²) in [5.41, 5.74) is 4.40. The zero-order chi connectivity index (χ0) is 21.8. The molecule has 2 unspecified atom stereocenters. The first kappa shape index (κ1) is 21.4. The summed E-state index contributed by atoms with van der Waals surface area (Å²) in [7, 11) is 0. The third kappa shape index (κ3) is 5.07. The van der Waals surface area contributed by atoms with Crippen LogP contribution in [0.25, 0.3) is 11.0 Å². The summed E-state index contributed by atoms with van der Waals surface area (Å²) in [5.74, 6) is 1.14. The van der Waals surface area contributed by atoms with E-state index >= 15 is 0 Å². The Hall–Kier alpha value is -2.86. The van der Waals surface area contributed by atoms with Gasteiger partial charge in [-0.2, -0.15) is 5.10 Å². The maximum atomic E-state index is 4.90. The van der Waals surface area contributed by atoms with Crippen LogP contribution in [0.4, 0.5) is 11.5 Å². The van der Waals surface area contributed by atoms with Crippen molar-refractivity contribution in [2.24, 2.45) is 0 Å². The zero-order valence-electron chi connectivity index (χ0n) is 18.5. The number of aromatic nitrogens is 4. The number of hydrogen-bond donors (Lipinski definition) is 1. The molecule has 31 heavy (non-hydrogen) atoms. The summed E-state index contributed by atoms with van der Waals surface area (Å²) < 4.78 is 2.01. The fraction of sp³-hybridized carbons (Fsp3) is 0.320. The highest BCUT2D eigenvalue weighted by Gasteiger charge is 2.17. The minimum absolute atomic E-state index is 0.332. The highest BCUT2D eigenvalue weighted by molar-refractivity contribution is 7.99. The molecular weight excluding hydrogens is 402 g/mol. The van der Waals surface area contributed by atoms with Crippen molar-refractivity contribution in [3.05, 3.63) is 71.9 Å². The molecule has 0 saturated carbocycles. The van der Waals surface area contributed by atoms with Crippen molar-refractivity contribution in [1.82, 2.24) is 19.7 Å². The van der Waals surface area contributed by atoms with Crippen LogP contribution < -0.4 is 5.32 Å². The normalized spacial score (nSPS) is 13.3. The lowest BCUT2D eigenvalue weighted by Crippen LogP contribution is -2.09. The van der Waals surface area contributed by atoms with Gasteiger partial charge in [0.05, 0.1) is 11.6 Å². The number of hydrogen-bond acceptors (Lipinski definition) is 5. The number of nitrogens with zero attached hydrogens (tertiary/aromatic N) is 4. The van der Waals surface area contributed by atoms with Crippen molar-refractivity contribution in [3.8, 4) is 0 Å². The fourth-order valence-electron chi connectivity index (χ4n) is 3.49. The second-order valence-electron chi connectivity index (χ2n) is 8.06. The van der Waals surface area contributed by atoms with Gasteiger partial charge in [0.15, 0.2) is 10.8 Å². The van der Waals surface area contributed by atoms with Gasteiger partial charge in [0.25, 0.3) is 0 Å². The first-order valence-electron chi connectivity index (χ1n) is 10.8. The van der Waals surface area contributed by atoms with Crippen LogP contribution in [0, 0.1) is 6.92 Å². The minimum Gasteiger partial charge on any atom is -0.339 e. The number of benzene rings is 2. The first-order chi connectivity index (χ1) is 15.0. The maximum absolute atomic E-state index is 4.90. The Kier molecular flexibility index (Phi) is 6.56. The van der Waals surface area contributed by atoms with Crippen molar-refractivity contribution in [3.63, 3.8) is 0 Å². The number of thioether (sulfide) groups is 1. The molecular formula is C25H29N5S. The lowest BCUT2D eigenvalue weighted by molar-refractivity contribution is 0.553. The van der Waals surface area contributed by atoms with Crippen LogP contribution in [0.3, 0.4) is 0 Å². The van der Waals surface area contributed by atoms with Crippen molar-refractivity contribution >= 4 is 34.3 Å². The molecule has 4 rings (SSSR count). The molecule has 0 radical (unpaired) electrons. The summed E-state index contributed by atoms with van der Waals surface area (Å²) in [6, 6.07) is 18.9. The highest BCUT2D eigenvalue weighted by atomic mass is 32.2. The van der Waals surface area contributed by atoms with Gasteiger partial charge in [0, 0.05) is 23.4 Å². The van der Waals surface area contributed by atoms with E-state index in [1.807, 2.05) is 16.9 Å². The van der Waals surface area contributed by atoms with Crippen molar-refractivity contribution in [2.75, 3.05) is 5.32 Å². The van der Waals surface area contributed by atoms with Crippen LogP contribution >= 0.6 is 11.8 Å². The Morgan fingerprint density at radius 3 is 2.58 bits per heavy atom. The van der Waals surface area contributed by atoms with E-state index < -0.39 is 0 Å². The zero-order valence-corrected chi connectivity index (χ0v) is 19.4. The van der Waals surface area contributed by atoms with Crippen molar-refractivity contribution < 1.29 is 0 Å². The Balaban J connectivity index is 1.72. The van der Waals surface area contributed by atoms with Gasteiger partial charge in [0.1, 0.15) is 5.82 Å². The summed E-state index contributed by atoms with van der Waals surface area (Å²) in [6.45, 7) is 9.48. The molecule has 0 saturated heterocycles. The first-order valence-corrected chi connectivity index (χ1v) is 11.7. The van der Waals surface area contributed by atoms with Gasteiger partial charge in [-0.3, -0.25) is 0 Å². The van der Waals surface area contributed by atoms with Crippen LogP contribution in [-0.2, 0) is 6.54 Å². The molecule has 2 atom stereocenters. The lowest BCUT2D eigenvalue weighted by atomic mass is 10.0. The Labute approximate surface area is 188 Å². The molecule has 0 spiro atoms. The molecule has 0 aliphatic heterocycles. The third-order valence-corrected chi connectivity index (χ3v) is 6.58. The monoisotopic (exact) mass is 431 g/mol. The summed E-state index contributed by atoms with van der Waals surface area (Å²) in [6.07, 6.45) is 2.94. The largest absolute Gasteiger partial charge is 0.339 e. The topological polar surface area (TPSA) is 55.6 Å². The van der Waals surface area contributed by atoms with Crippen molar-refractivity contribution in [1.29, 1.82) is 0 Å². The van der Waals surface area contributed by atoms with Gasteiger partial charge in [0.2, 0.25) is 0 Å². The third-order valence-electron chi connectivity index (χ3n) is 5.45. The summed E-state index contributed by atoms with van der Waals surface area (Å²) in [5, 5.41) is 10.4. The second kappa shape index (κ2) is 9.52. The van der Waals surface area contributed by atoms with E-state index in [4.69, 9.17) is 9.97 Å². The Bertz CT molecular complexity index is 1160. The summed E-state index contributed by atoms with van der Waals surface area (Å²) in [4.78, 5) is 9.75. The van der Waals surface area contributed by atoms with E-state index in [1.165, 1.54) is 11.1 Å². The van der Waals surface area contributed by atoms with Crippen LogP contribution in [0.2, 0.25) is 0 Å². The molecule has 2 heterocycles. The standard InChI is InChI=1S/C25H29N5S/c1-5-19(4)31-25-28-23(27-21-13-9-10-17(2)14-21)22-15-26-30(24(22)29-25)16-18(3)20-11-7-6-8-12-20/h6-15,18-19H,5,16H2,1-4H3,(H,27,28,29). The molecule has 4 aromatic rings. The van der Waals surface area contributed by atoms with Gasteiger partial charge in [-0.25, -0.2) is 14.6 Å². The molecule has 2 aromatic carbocycles. The van der Waals surface area contributed by atoms with Gasteiger partial charge in [-0.1, -0.05) is 75.0 Å².